The molecule has 4 rings (SSSR count). The zero-order valence-electron chi connectivity index (χ0n) is 15.0. The van der Waals surface area contributed by atoms with Crippen LogP contribution in [0.4, 0.5) is 5.82 Å². The molecule has 1 aliphatic heterocycles. The van der Waals surface area contributed by atoms with Crippen LogP contribution in [-0.4, -0.2) is 55.1 Å². The van der Waals surface area contributed by atoms with Crippen LogP contribution in [0.5, 0.6) is 0 Å². The number of nitrogens with zero attached hydrogens (tertiary/aromatic N) is 5. The van der Waals surface area contributed by atoms with Crippen LogP contribution in [-0.2, 0) is 9.47 Å². The molecular formula is C16H20ClN6O4P. The van der Waals surface area contributed by atoms with Gasteiger partial charge in [0.2, 0.25) is 5.28 Å². The number of aromatic nitrogens is 4. The Labute approximate surface area is 167 Å². The fourth-order valence-electron chi connectivity index (χ4n) is 3.23. The summed E-state index contributed by atoms with van der Waals surface area (Å²) in [7, 11) is -2.06. The molecule has 0 aromatic carbocycles. The van der Waals surface area contributed by atoms with Crippen LogP contribution in [0, 0.1) is 16.7 Å². The number of halogens is 1. The van der Waals surface area contributed by atoms with Crippen molar-refractivity contribution in [1.82, 2.24) is 19.7 Å². The maximum absolute atomic E-state index is 9.25. The van der Waals surface area contributed by atoms with E-state index in [4.69, 9.17) is 30.9 Å². The number of nitrogens with one attached hydrogen (secondary N) is 1. The average molecular weight is 427 g/mol. The highest BCUT2D eigenvalue weighted by Gasteiger charge is 2.43. The van der Waals surface area contributed by atoms with Gasteiger partial charge in [0.15, 0.2) is 20.3 Å². The molecule has 0 spiro atoms. The first kappa shape index (κ1) is 19.7. The Bertz CT molecular complexity index is 899. The van der Waals surface area contributed by atoms with Gasteiger partial charge in [-0.3, -0.25) is 0 Å². The summed E-state index contributed by atoms with van der Waals surface area (Å²) in [4.78, 5) is 26.4. The number of rotatable bonds is 8. The lowest BCUT2D eigenvalue weighted by Gasteiger charge is -2.15. The largest absolute Gasteiger partial charge is 0.369 e. The van der Waals surface area contributed by atoms with E-state index in [1.807, 2.05) is 0 Å². The monoisotopic (exact) mass is 426 g/mol. The van der Waals surface area contributed by atoms with E-state index in [9.17, 15) is 5.26 Å². The van der Waals surface area contributed by atoms with Gasteiger partial charge in [-0.1, -0.05) is 0 Å². The molecule has 2 unspecified atom stereocenters. The lowest BCUT2D eigenvalue weighted by Crippen LogP contribution is -2.18. The molecular weight excluding hydrogens is 407 g/mol. The summed E-state index contributed by atoms with van der Waals surface area (Å²) >= 11 is 6.11. The quantitative estimate of drug-likeness (QED) is 0.428. The van der Waals surface area contributed by atoms with Crippen LogP contribution in [0.2, 0.25) is 5.28 Å². The van der Waals surface area contributed by atoms with Crippen molar-refractivity contribution in [3.05, 3.63) is 11.5 Å². The van der Waals surface area contributed by atoms with Gasteiger partial charge in [0.1, 0.15) is 12.2 Å². The van der Waals surface area contributed by atoms with Gasteiger partial charge >= 0.3 is 0 Å². The Morgan fingerprint density at radius 3 is 2.96 bits per heavy atom. The van der Waals surface area contributed by atoms with Crippen LogP contribution >= 0.6 is 20.0 Å². The van der Waals surface area contributed by atoms with Crippen molar-refractivity contribution in [1.29, 1.82) is 5.26 Å². The molecule has 2 aromatic heterocycles. The van der Waals surface area contributed by atoms with Gasteiger partial charge in [0.05, 0.1) is 35.8 Å². The summed E-state index contributed by atoms with van der Waals surface area (Å²) in [6.45, 7) is 0.795. The molecule has 0 radical (unpaired) electrons. The minimum Gasteiger partial charge on any atom is -0.369 e. The lowest BCUT2D eigenvalue weighted by atomic mass is 10.1. The first-order valence-corrected chi connectivity index (χ1v) is 10.8. The third kappa shape index (κ3) is 4.20. The summed E-state index contributed by atoms with van der Waals surface area (Å²) < 4.78 is 12.9. The predicted octanol–water partition coefficient (Wildman–Crippen LogP) is 2.14. The maximum Gasteiger partial charge on any atom is 0.226 e. The smallest absolute Gasteiger partial charge is 0.226 e. The van der Waals surface area contributed by atoms with E-state index in [0.29, 0.717) is 23.4 Å². The van der Waals surface area contributed by atoms with Crippen molar-refractivity contribution in [2.24, 2.45) is 5.41 Å². The molecule has 10 nitrogen and oxygen atoms in total. The number of anilines is 1. The van der Waals surface area contributed by atoms with Gasteiger partial charge in [-0.2, -0.15) is 20.3 Å². The fourth-order valence-corrected chi connectivity index (χ4v) is 3.66. The number of ether oxygens (including phenoxy) is 2. The minimum absolute atomic E-state index is 0.0907. The second kappa shape index (κ2) is 8.03. The molecule has 3 N–H and O–H groups in total. The number of hydrogen-bond acceptors (Lipinski definition) is 9. The molecule has 3 heterocycles. The third-order valence-corrected chi connectivity index (χ3v) is 5.56. The van der Waals surface area contributed by atoms with Crippen molar-refractivity contribution in [3.63, 3.8) is 0 Å². The van der Waals surface area contributed by atoms with E-state index < -0.39 is 8.38 Å². The van der Waals surface area contributed by atoms with E-state index in [1.54, 1.807) is 10.9 Å². The van der Waals surface area contributed by atoms with Crippen molar-refractivity contribution in [2.75, 3.05) is 24.8 Å². The van der Waals surface area contributed by atoms with E-state index >= 15 is 0 Å². The molecule has 2 aromatic rings. The molecule has 2 atom stereocenters. The molecule has 1 saturated heterocycles. The van der Waals surface area contributed by atoms with Gasteiger partial charge in [-0.05, 0) is 37.3 Å². The van der Waals surface area contributed by atoms with Crippen molar-refractivity contribution < 1.29 is 19.3 Å². The van der Waals surface area contributed by atoms with Gasteiger partial charge in [-0.25, -0.2) is 4.68 Å². The number of hydrogen-bond donors (Lipinski definition) is 3. The van der Waals surface area contributed by atoms with Crippen molar-refractivity contribution in [2.45, 2.75) is 38.0 Å². The summed E-state index contributed by atoms with van der Waals surface area (Å²) in [6.07, 6.45) is 4.35. The van der Waals surface area contributed by atoms with Crippen molar-refractivity contribution in [3.8, 4) is 6.07 Å². The molecule has 12 heteroatoms. The highest BCUT2D eigenvalue weighted by atomic mass is 35.5. The van der Waals surface area contributed by atoms with E-state index in [2.05, 4.69) is 26.5 Å². The van der Waals surface area contributed by atoms with Crippen LogP contribution in [0.1, 0.15) is 31.9 Å². The Morgan fingerprint density at radius 1 is 1.43 bits per heavy atom. The Kier molecular flexibility index (Phi) is 5.65. The van der Waals surface area contributed by atoms with Crippen LogP contribution < -0.4 is 5.32 Å². The molecule has 1 saturated carbocycles. The van der Waals surface area contributed by atoms with Gasteiger partial charge in [0, 0.05) is 6.54 Å². The van der Waals surface area contributed by atoms with Crippen molar-refractivity contribution >= 4 is 36.8 Å². The summed E-state index contributed by atoms with van der Waals surface area (Å²) in [5, 5.41) is 17.7. The maximum atomic E-state index is 9.25. The predicted molar refractivity (Wildman–Crippen MR) is 101 cm³/mol. The van der Waals surface area contributed by atoms with Gasteiger partial charge in [0.25, 0.3) is 0 Å². The first-order valence-electron chi connectivity index (χ1n) is 8.94. The summed E-state index contributed by atoms with van der Waals surface area (Å²) in [5.41, 5.74) is 0.246. The zero-order valence-corrected chi connectivity index (χ0v) is 16.6. The molecule has 0 amide bonds. The Morgan fingerprint density at radius 2 is 2.25 bits per heavy atom. The molecule has 2 fully saturated rings. The SMILES string of the molecule is N#CC1(CNc2nc(Cl)nc3c2cnn3C2CCC(COCP(O)O)O2)CC1. The second-order valence-corrected chi connectivity index (χ2v) is 8.42. The molecule has 1 aliphatic carbocycles. The topological polar surface area (TPSA) is 138 Å². The van der Waals surface area contributed by atoms with E-state index in [0.717, 1.165) is 25.7 Å². The fraction of sp³-hybridized carbons (Fsp3) is 0.625. The lowest BCUT2D eigenvalue weighted by molar-refractivity contribution is -0.0384. The van der Waals surface area contributed by atoms with E-state index in [-0.39, 0.29) is 36.0 Å². The number of fused-ring (bicyclic) bond motifs is 1. The number of nitriles is 1. The van der Waals surface area contributed by atoms with Gasteiger partial charge in [-0.15, -0.1) is 0 Å². The minimum atomic E-state index is -2.06. The summed E-state index contributed by atoms with van der Waals surface area (Å²) in [6, 6.07) is 2.34. The normalized spacial score (nSPS) is 23.2. The molecule has 0 bridgehead atoms. The van der Waals surface area contributed by atoms with Crippen LogP contribution in [0.15, 0.2) is 6.20 Å². The molecule has 28 heavy (non-hydrogen) atoms. The zero-order chi connectivity index (χ0) is 19.7. The van der Waals surface area contributed by atoms with Crippen LogP contribution in [0.25, 0.3) is 11.0 Å². The second-order valence-electron chi connectivity index (χ2n) is 7.08. The summed E-state index contributed by atoms with van der Waals surface area (Å²) in [5.74, 6) is 0.555. The highest BCUT2D eigenvalue weighted by molar-refractivity contribution is 7.44. The first-order chi connectivity index (χ1) is 13.5. The van der Waals surface area contributed by atoms with E-state index in [1.165, 1.54) is 0 Å². The average Bonchev–Trinajstić information content (AvgIpc) is 3.08. The standard InChI is InChI=1S/C16H20ClN6O4P/c17-15-21-13(19-8-16(7-18)3-4-16)11-5-20-23(14(11)22-15)12-2-1-10(27-12)6-26-9-28(24)25/h5,10,12,24-25H,1-4,6,8-9H2,(H,19,21,22). The Balaban J connectivity index is 1.47. The molecule has 2 aliphatic rings. The van der Waals surface area contributed by atoms with Gasteiger partial charge < -0.3 is 24.6 Å². The Hall–Kier alpha value is -1.60. The third-order valence-electron chi connectivity index (χ3n) is 4.98. The van der Waals surface area contributed by atoms with Crippen LogP contribution in [0.3, 0.4) is 0 Å². The molecule has 150 valence electrons. The highest BCUT2D eigenvalue weighted by Crippen LogP contribution is 2.45.